The van der Waals surface area contributed by atoms with Gasteiger partial charge in [0.25, 0.3) is 5.91 Å². The van der Waals surface area contributed by atoms with Crippen LogP contribution in [0.25, 0.3) is 0 Å². The zero-order valence-corrected chi connectivity index (χ0v) is 13.6. The number of rotatable bonds is 4. The molecule has 1 saturated heterocycles. The minimum atomic E-state index is -0.266. The zero-order chi connectivity index (χ0) is 16.9. The molecule has 1 aromatic carbocycles. The van der Waals surface area contributed by atoms with Crippen LogP contribution in [0.2, 0.25) is 0 Å². The summed E-state index contributed by atoms with van der Waals surface area (Å²) in [6, 6.07) is 9.03. The largest absolute Gasteiger partial charge is 0.326 e. The SMILES string of the molecule is CC(=O)Nc1cccc(NC(=O)c2ccn(C3CCCNC3)n2)c1. The lowest BCUT2D eigenvalue weighted by atomic mass is 10.1. The van der Waals surface area contributed by atoms with Gasteiger partial charge in [-0.05, 0) is 43.7 Å². The Kier molecular flexibility index (Phi) is 4.90. The van der Waals surface area contributed by atoms with Crippen LogP contribution in [0.3, 0.4) is 0 Å². The van der Waals surface area contributed by atoms with E-state index < -0.39 is 0 Å². The van der Waals surface area contributed by atoms with Gasteiger partial charge in [-0.3, -0.25) is 14.3 Å². The molecule has 3 N–H and O–H groups in total. The first-order chi connectivity index (χ1) is 11.6. The van der Waals surface area contributed by atoms with E-state index in [4.69, 9.17) is 0 Å². The summed E-state index contributed by atoms with van der Waals surface area (Å²) in [6.45, 7) is 3.36. The number of hydrogen-bond acceptors (Lipinski definition) is 4. The number of amides is 2. The summed E-state index contributed by atoms with van der Waals surface area (Å²) in [5.74, 6) is -0.421. The van der Waals surface area contributed by atoms with E-state index in [1.807, 2.05) is 10.9 Å². The van der Waals surface area contributed by atoms with Gasteiger partial charge in [-0.15, -0.1) is 0 Å². The van der Waals surface area contributed by atoms with Crippen LogP contribution in [0, 0.1) is 0 Å². The number of carbonyl (C=O) groups excluding carboxylic acids is 2. The predicted octanol–water partition coefficient (Wildman–Crippen LogP) is 2.02. The summed E-state index contributed by atoms with van der Waals surface area (Å²) in [5, 5.41) is 13.2. The van der Waals surface area contributed by atoms with E-state index in [0.717, 1.165) is 25.9 Å². The van der Waals surface area contributed by atoms with Crippen molar-refractivity contribution in [2.75, 3.05) is 23.7 Å². The average Bonchev–Trinajstić information content (AvgIpc) is 3.05. The molecule has 0 radical (unpaired) electrons. The maximum Gasteiger partial charge on any atom is 0.276 e. The van der Waals surface area contributed by atoms with Crippen LogP contribution in [0.5, 0.6) is 0 Å². The van der Waals surface area contributed by atoms with Gasteiger partial charge in [0, 0.05) is 31.0 Å². The van der Waals surface area contributed by atoms with Gasteiger partial charge in [-0.1, -0.05) is 6.07 Å². The summed E-state index contributed by atoms with van der Waals surface area (Å²) in [7, 11) is 0. The van der Waals surface area contributed by atoms with E-state index in [9.17, 15) is 9.59 Å². The maximum atomic E-state index is 12.4. The fourth-order valence-electron chi connectivity index (χ4n) is 2.79. The van der Waals surface area contributed by atoms with Crippen molar-refractivity contribution in [2.24, 2.45) is 0 Å². The summed E-state index contributed by atoms with van der Waals surface area (Å²) in [5.41, 5.74) is 1.63. The van der Waals surface area contributed by atoms with Crippen molar-refractivity contribution < 1.29 is 9.59 Å². The fourth-order valence-corrected chi connectivity index (χ4v) is 2.79. The molecule has 7 nitrogen and oxygen atoms in total. The van der Waals surface area contributed by atoms with Crippen LogP contribution in [0.4, 0.5) is 11.4 Å². The Labute approximate surface area is 140 Å². The van der Waals surface area contributed by atoms with Crippen molar-refractivity contribution in [1.82, 2.24) is 15.1 Å². The first kappa shape index (κ1) is 16.2. The number of nitrogens with zero attached hydrogens (tertiary/aromatic N) is 2. The van der Waals surface area contributed by atoms with Crippen molar-refractivity contribution in [3.8, 4) is 0 Å². The Bertz CT molecular complexity index is 734. The lowest BCUT2D eigenvalue weighted by molar-refractivity contribution is -0.114. The third-order valence-electron chi connectivity index (χ3n) is 3.93. The number of benzene rings is 1. The third kappa shape index (κ3) is 3.99. The molecule has 0 saturated carbocycles. The Balaban J connectivity index is 1.66. The van der Waals surface area contributed by atoms with Gasteiger partial charge in [0.1, 0.15) is 0 Å². The summed E-state index contributed by atoms with van der Waals surface area (Å²) >= 11 is 0. The van der Waals surface area contributed by atoms with Gasteiger partial charge in [0.15, 0.2) is 5.69 Å². The van der Waals surface area contributed by atoms with E-state index >= 15 is 0 Å². The maximum absolute atomic E-state index is 12.4. The highest BCUT2D eigenvalue weighted by Crippen LogP contribution is 2.18. The second-order valence-corrected chi connectivity index (χ2v) is 5.90. The molecule has 2 aromatic rings. The summed E-state index contributed by atoms with van der Waals surface area (Å²) in [6.07, 6.45) is 4.02. The number of carbonyl (C=O) groups is 2. The molecule has 3 rings (SSSR count). The van der Waals surface area contributed by atoms with Crippen LogP contribution >= 0.6 is 0 Å². The van der Waals surface area contributed by atoms with Crippen molar-refractivity contribution in [3.63, 3.8) is 0 Å². The smallest absolute Gasteiger partial charge is 0.276 e. The molecule has 7 heteroatoms. The van der Waals surface area contributed by atoms with E-state index in [2.05, 4.69) is 21.0 Å². The van der Waals surface area contributed by atoms with E-state index in [0.29, 0.717) is 23.1 Å². The highest BCUT2D eigenvalue weighted by molar-refractivity contribution is 6.03. The van der Waals surface area contributed by atoms with Gasteiger partial charge in [-0.2, -0.15) is 5.10 Å². The average molecular weight is 327 g/mol. The number of piperidine rings is 1. The number of anilines is 2. The Hall–Kier alpha value is -2.67. The van der Waals surface area contributed by atoms with Crippen molar-refractivity contribution >= 4 is 23.2 Å². The summed E-state index contributed by atoms with van der Waals surface area (Å²) < 4.78 is 1.86. The molecular formula is C17H21N5O2. The van der Waals surface area contributed by atoms with Crippen LogP contribution in [0.1, 0.15) is 36.3 Å². The van der Waals surface area contributed by atoms with Gasteiger partial charge in [-0.25, -0.2) is 0 Å². The molecule has 1 fully saturated rings. The lowest BCUT2D eigenvalue weighted by Crippen LogP contribution is -2.32. The Morgan fingerprint density at radius 2 is 2.04 bits per heavy atom. The molecule has 0 bridgehead atoms. The molecule has 2 heterocycles. The molecule has 24 heavy (non-hydrogen) atoms. The zero-order valence-electron chi connectivity index (χ0n) is 13.6. The minimum absolute atomic E-state index is 0.154. The van der Waals surface area contributed by atoms with Crippen LogP contribution in [-0.2, 0) is 4.79 Å². The number of nitrogens with one attached hydrogen (secondary N) is 3. The molecule has 126 valence electrons. The molecule has 1 atom stereocenters. The fraction of sp³-hybridized carbons (Fsp3) is 0.353. The van der Waals surface area contributed by atoms with Gasteiger partial charge >= 0.3 is 0 Å². The lowest BCUT2D eigenvalue weighted by Gasteiger charge is -2.22. The molecule has 1 aliphatic heterocycles. The first-order valence-corrected chi connectivity index (χ1v) is 8.07. The number of aromatic nitrogens is 2. The highest BCUT2D eigenvalue weighted by Gasteiger charge is 2.17. The Morgan fingerprint density at radius 1 is 1.25 bits per heavy atom. The third-order valence-corrected chi connectivity index (χ3v) is 3.93. The van der Waals surface area contributed by atoms with Crippen molar-refractivity contribution in [3.05, 3.63) is 42.2 Å². The van der Waals surface area contributed by atoms with E-state index in [-0.39, 0.29) is 11.8 Å². The van der Waals surface area contributed by atoms with Gasteiger partial charge in [0.05, 0.1) is 6.04 Å². The molecule has 1 unspecified atom stereocenters. The van der Waals surface area contributed by atoms with Gasteiger partial charge in [0.2, 0.25) is 5.91 Å². The quantitative estimate of drug-likeness (QED) is 0.801. The topological polar surface area (TPSA) is 88.0 Å². The van der Waals surface area contributed by atoms with E-state index in [1.165, 1.54) is 6.92 Å². The molecular weight excluding hydrogens is 306 g/mol. The van der Waals surface area contributed by atoms with E-state index in [1.54, 1.807) is 30.3 Å². The molecule has 2 amide bonds. The second-order valence-electron chi connectivity index (χ2n) is 5.90. The predicted molar refractivity (Wildman–Crippen MR) is 92.1 cm³/mol. The molecule has 0 aliphatic carbocycles. The van der Waals surface area contributed by atoms with Crippen molar-refractivity contribution in [2.45, 2.75) is 25.8 Å². The molecule has 1 aromatic heterocycles. The monoisotopic (exact) mass is 327 g/mol. The Morgan fingerprint density at radius 3 is 2.75 bits per heavy atom. The van der Waals surface area contributed by atoms with Crippen LogP contribution < -0.4 is 16.0 Å². The molecule has 0 spiro atoms. The summed E-state index contributed by atoms with van der Waals surface area (Å²) in [4.78, 5) is 23.5. The van der Waals surface area contributed by atoms with Crippen molar-refractivity contribution in [1.29, 1.82) is 0 Å². The van der Waals surface area contributed by atoms with Gasteiger partial charge < -0.3 is 16.0 Å². The standard InChI is InChI=1S/C17H21N5O2/c1-12(23)19-13-4-2-5-14(10-13)20-17(24)16-7-9-22(21-16)15-6-3-8-18-11-15/h2,4-5,7,9-10,15,18H,3,6,8,11H2,1H3,(H,19,23)(H,20,24). The normalized spacial score (nSPS) is 17.3. The first-order valence-electron chi connectivity index (χ1n) is 8.07. The second kappa shape index (κ2) is 7.27. The highest BCUT2D eigenvalue weighted by atomic mass is 16.2. The molecule has 1 aliphatic rings. The van der Waals surface area contributed by atoms with Crippen LogP contribution in [-0.4, -0.2) is 34.7 Å². The number of hydrogen-bond donors (Lipinski definition) is 3. The van der Waals surface area contributed by atoms with Crippen LogP contribution in [0.15, 0.2) is 36.5 Å². The minimum Gasteiger partial charge on any atom is -0.326 e.